The second-order valence-corrected chi connectivity index (χ2v) is 6.02. The van der Waals surface area contributed by atoms with Gasteiger partial charge < -0.3 is 0 Å². The molecule has 0 radical (unpaired) electrons. The van der Waals surface area contributed by atoms with Gasteiger partial charge in [-0.25, -0.2) is 0 Å². The summed E-state index contributed by atoms with van der Waals surface area (Å²) in [6, 6.07) is 16.6. The highest BCUT2D eigenvalue weighted by Crippen LogP contribution is 2.25. The van der Waals surface area contributed by atoms with E-state index in [0.717, 1.165) is 12.0 Å². The summed E-state index contributed by atoms with van der Waals surface area (Å²) in [5, 5.41) is 0. The van der Waals surface area contributed by atoms with Crippen molar-refractivity contribution >= 4 is 26.4 Å². The van der Waals surface area contributed by atoms with Crippen molar-refractivity contribution in [3.63, 3.8) is 0 Å². The van der Waals surface area contributed by atoms with Gasteiger partial charge >= 0.3 is 0 Å². The predicted molar refractivity (Wildman–Crippen MR) is 87.8 cm³/mol. The third kappa shape index (κ3) is 3.90. The second kappa shape index (κ2) is 6.33. The van der Waals surface area contributed by atoms with Crippen molar-refractivity contribution in [1.82, 2.24) is 0 Å². The first-order chi connectivity index (χ1) is 9.06. The molecule has 0 saturated heterocycles. The lowest BCUT2D eigenvalue weighted by molar-refractivity contribution is -0.110. The predicted octanol–water partition coefficient (Wildman–Crippen LogP) is 4.59. The third-order valence-electron chi connectivity index (χ3n) is 3.28. The van der Waals surface area contributed by atoms with Gasteiger partial charge in [-0.2, -0.15) is 0 Å². The van der Waals surface area contributed by atoms with Crippen LogP contribution in [-0.4, -0.2) is 3.79 Å². The zero-order valence-electron chi connectivity index (χ0n) is 11.2. The summed E-state index contributed by atoms with van der Waals surface area (Å²) >= 11 is 1.91. The topological polar surface area (TPSA) is 17.1 Å². The van der Waals surface area contributed by atoms with E-state index in [2.05, 4.69) is 62.4 Å². The van der Waals surface area contributed by atoms with Crippen LogP contribution in [0.5, 0.6) is 0 Å². The third-order valence-corrected chi connectivity index (χ3v) is 4.03. The van der Waals surface area contributed by atoms with E-state index in [1.807, 2.05) is 22.6 Å². The molecule has 1 atom stereocenters. The van der Waals surface area contributed by atoms with Crippen molar-refractivity contribution < 1.29 is 4.79 Å². The monoisotopic (exact) mass is 364 g/mol. The molecule has 0 aliphatic heterocycles. The fourth-order valence-electron chi connectivity index (χ4n) is 2.20. The SMILES string of the molecule is Cc1ccc(C(Cc2cccc(C)c2)C(=O)I)cc1. The molecular formula is C17H17IO. The molecule has 0 aromatic heterocycles. The first kappa shape index (κ1) is 14.3. The van der Waals surface area contributed by atoms with Crippen LogP contribution in [0.2, 0.25) is 0 Å². The van der Waals surface area contributed by atoms with Gasteiger partial charge in [-0.1, -0.05) is 59.7 Å². The highest BCUT2D eigenvalue weighted by atomic mass is 127. The number of carbonyl (C=O) groups excluding carboxylic acids is 1. The van der Waals surface area contributed by atoms with E-state index in [9.17, 15) is 4.79 Å². The Balaban J connectivity index is 2.26. The average molecular weight is 364 g/mol. The van der Waals surface area contributed by atoms with Crippen molar-refractivity contribution in [2.75, 3.05) is 0 Å². The first-order valence-corrected chi connectivity index (χ1v) is 7.45. The van der Waals surface area contributed by atoms with Gasteiger partial charge in [-0.3, -0.25) is 4.79 Å². The molecule has 1 nitrogen and oxygen atoms in total. The van der Waals surface area contributed by atoms with E-state index in [0.29, 0.717) is 0 Å². The van der Waals surface area contributed by atoms with Gasteiger partial charge in [0.1, 0.15) is 0 Å². The van der Waals surface area contributed by atoms with Gasteiger partial charge in [0.25, 0.3) is 0 Å². The summed E-state index contributed by atoms with van der Waals surface area (Å²) in [4.78, 5) is 11.9. The van der Waals surface area contributed by atoms with E-state index in [-0.39, 0.29) is 9.71 Å². The Morgan fingerprint density at radius 1 is 1.05 bits per heavy atom. The molecule has 2 heteroatoms. The number of hydrogen-bond donors (Lipinski definition) is 0. The minimum atomic E-state index is -0.0528. The maximum absolute atomic E-state index is 11.9. The Morgan fingerprint density at radius 3 is 2.32 bits per heavy atom. The summed E-state index contributed by atoms with van der Waals surface area (Å²) in [6.45, 7) is 4.14. The van der Waals surface area contributed by atoms with E-state index >= 15 is 0 Å². The Kier molecular flexibility index (Phi) is 4.75. The summed E-state index contributed by atoms with van der Waals surface area (Å²) in [5.41, 5.74) is 4.78. The maximum Gasteiger partial charge on any atom is 0.200 e. The molecular weight excluding hydrogens is 347 g/mol. The number of rotatable bonds is 4. The number of halogens is 1. The number of aryl methyl sites for hydroxylation is 2. The highest BCUT2D eigenvalue weighted by molar-refractivity contribution is 14.1. The fourth-order valence-corrected chi connectivity index (χ4v) is 2.78. The van der Waals surface area contributed by atoms with Gasteiger partial charge in [-0.15, -0.1) is 0 Å². The highest BCUT2D eigenvalue weighted by Gasteiger charge is 2.18. The van der Waals surface area contributed by atoms with E-state index in [1.54, 1.807) is 0 Å². The molecule has 2 aromatic carbocycles. The van der Waals surface area contributed by atoms with Crippen molar-refractivity contribution in [3.8, 4) is 0 Å². The van der Waals surface area contributed by atoms with Crippen LogP contribution < -0.4 is 0 Å². The van der Waals surface area contributed by atoms with Crippen molar-refractivity contribution in [2.45, 2.75) is 26.2 Å². The lowest BCUT2D eigenvalue weighted by atomic mass is 9.92. The minimum absolute atomic E-state index is 0.0528. The minimum Gasteiger partial charge on any atom is -0.287 e. The molecule has 1 unspecified atom stereocenters. The Morgan fingerprint density at radius 2 is 1.74 bits per heavy atom. The molecule has 0 saturated carbocycles. The molecule has 0 aliphatic carbocycles. The molecule has 0 spiro atoms. The van der Waals surface area contributed by atoms with Crippen molar-refractivity contribution in [2.24, 2.45) is 0 Å². The number of hydrogen-bond acceptors (Lipinski definition) is 1. The summed E-state index contributed by atoms with van der Waals surface area (Å²) in [5.74, 6) is -0.0528. The Labute approximate surface area is 128 Å². The number of carbonyl (C=O) groups is 1. The van der Waals surface area contributed by atoms with Crippen LogP contribution in [0.4, 0.5) is 0 Å². The molecule has 2 rings (SSSR count). The van der Waals surface area contributed by atoms with Crippen LogP contribution in [-0.2, 0) is 11.2 Å². The first-order valence-electron chi connectivity index (χ1n) is 6.37. The van der Waals surface area contributed by atoms with Crippen LogP contribution in [0.15, 0.2) is 48.5 Å². The second-order valence-electron chi connectivity index (χ2n) is 4.96. The van der Waals surface area contributed by atoms with Crippen LogP contribution in [0.1, 0.15) is 28.2 Å². The van der Waals surface area contributed by atoms with Gasteiger partial charge in [0, 0.05) is 22.6 Å². The zero-order valence-corrected chi connectivity index (χ0v) is 13.3. The van der Waals surface area contributed by atoms with Crippen LogP contribution in [0.3, 0.4) is 0 Å². The summed E-state index contributed by atoms with van der Waals surface area (Å²) in [6.07, 6.45) is 0.770. The van der Waals surface area contributed by atoms with Crippen molar-refractivity contribution in [3.05, 3.63) is 70.8 Å². The van der Waals surface area contributed by atoms with Crippen LogP contribution in [0, 0.1) is 13.8 Å². The summed E-state index contributed by atoms with van der Waals surface area (Å²) in [7, 11) is 0. The zero-order chi connectivity index (χ0) is 13.8. The fraction of sp³-hybridized carbons (Fsp3) is 0.235. The lowest BCUT2D eigenvalue weighted by Gasteiger charge is -2.14. The lowest BCUT2D eigenvalue weighted by Crippen LogP contribution is -2.09. The van der Waals surface area contributed by atoms with E-state index < -0.39 is 0 Å². The Hall–Kier alpha value is -1.16. The largest absolute Gasteiger partial charge is 0.287 e. The molecule has 0 aliphatic rings. The molecule has 0 heterocycles. The summed E-state index contributed by atoms with van der Waals surface area (Å²) < 4.78 is 0.197. The molecule has 0 amide bonds. The quantitative estimate of drug-likeness (QED) is 0.573. The van der Waals surface area contributed by atoms with E-state index in [4.69, 9.17) is 0 Å². The standard InChI is InChI=1S/C17H17IO/c1-12-6-8-15(9-7-12)16(17(18)19)11-14-5-3-4-13(2)10-14/h3-10,16H,11H2,1-2H3. The Bertz CT molecular complexity index is 572. The maximum atomic E-state index is 11.9. The van der Waals surface area contributed by atoms with Crippen LogP contribution in [0.25, 0.3) is 0 Å². The van der Waals surface area contributed by atoms with Gasteiger partial charge in [0.2, 0.25) is 0 Å². The molecule has 2 aromatic rings. The molecule has 19 heavy (non-hydrogen) atoms. The smallest absolute Gasteiger partial charge is 0.200 e. The van der Waals surface area contributed by atoms with Gasteiger partial charge in [0.15, 0.2) is 3.79 Å². The molecule has 0 bridgehead atoms. The average Bonchev–Trinajstić information content (AvgIpc) is 2.37. The van der Waals surface area contributed by atoms with Gasteiger partial charge in [0.05, 0.1) is 5.92 Å². The number of benzene rings is 2. The molecule has 0 fully saturated rings. The van der Waals surface area contributed by atoms with Crippen molar-refractivity contribution in [1.29, 1.82) is 0 Å². The molecule has 98 valence electrons. The van der Waals surface area contributed by atoms with Crippen LogP contribution >= 0.6 is 22.6 Å². The molecule has 0 N–H and O–H groups in total. The normalized spacial score (nSPS) is 12.2. The van der Waals surface area contributed by atoms with E-state index in [1.165, 1.54) is 16.7 Å². The van der Waals surface area contributed by atoms with Gasteiger partial charge in [-0.05, 0) is 31.4 Å².